The van der Waals surface area contributed by atoms with Crippen LogP contribution in [0.15, 0.2) is 17.0 Å². The van der Waals surface area contributed by atoms with E-state index >= 15 is 0 Å². The predicted octanol–water partition coefficient (Wildman–Crippen LogP) is 3.53. The van der Waals surface area contributed by atoms with Gasteiger partial charge in [0.1, 0.15) is 4.90 Å². The normalized spacial score (nSPS) is 20.7. The van der Waals surface area contributed by atoms with Gasteiger partial charge in [-0.25, -0.2) is 8.42 Å². The molecule has 1 aliphatic heterocycles. The first-order valence-corrected chi connectivity index (χ1v) is 9.29. The van der Waals surface area contributed by atoms with E-state index in [1.807, 2.05) is 6.92 Å². The number of hydrogen-bond donors (Lipinski definition) is 0. The van der Waals surface area contributed by atoms with E-state index < -0.39 is 10.0 Å². The lowest BCUT2D eigenvalue weighted by Crippen LogP contribution is -2.45. The van der Waals surface area contributed by atoms with Gasteiger partial charge in [-0.2, -0.15) is 4.31 Å². The third-order valence-corrected chi connectivity index (χ3v) is 6.53. The number of hydrogen-bond acceptors (Lipinski definition) is 3. The van der Waals surface area contributed by atoms with Crippen LogP contribution in [-0.4, -0.2) is 38.5 Å². The van der Waals surface area contributed by atoms with Crippen molar-refractivity contribution < 1.29 is 13.2 Å². The molecule has 0 spiro atoms. The predicted molar refractivity (Wildman–Crippen MR) is 84.8 cm³/mol. The lowest BCUT2D eigenvalue weighted by atomic mass is 10.2. The van der Waals surface area contributed by atoms with Crippen LogP contribution in [0.3, 0.4) is 0 Å². The SMILES string of the molecule is CCC1CN(S(=O)(=O)c2ccc(Cl)c(CCl)c2Cl)CCO1. The van der Waals surface area contributed by atoms with Crippen LogP contribution in [0, 0.1) is 0 Å². The highest BCUT2D eigenvalue weighted by Crippen LogP contribution is 2.34. The molecule has 1 aromatic rings. The quantitative estimate of drug-likeness (QED) is 0.760. The van der Waals surface area contributed by atoms with Crippen LogP contribution < -0.4 is 0 Å². The summed E-state index contributed by atoms with van der Waals surface area (Å²) in [5, 5.41) is 0.458. The number of sulfonamides is 1. The summed E-state index contributed by atoms with van der Waals surface area (Å²) in [6.07, 6.45) is 0.667. The number of rotatable bonds is 4. The van der Waals surface area contributed by atoms with E-state index in [2.05, 4.69) is 0 Å². The van der Waals surface area contributed by atoms with Gasteiger partial charge in [-0.05, 0) is 18.6 Å². The molecule has 1 unspecified atom stereocenters. The van der Waals surface area contributed by atoms with Crippen molar-refractivity contribution in [2.45, 2.75) is 30.2 Å². The molecule has 0 radical (unpaired) electrons. The largest absolute Gasteiger partial charge is 0.375 e. The van der Waals surface area contributed by atoms with Gasteiger partial charge in [0.2, 0.25) is 10.0 Å². The molecule has 118 valence electrons. The number of alkyl halides is 1. The van der Waals surface area contributed by atoms with Crippen LogP contribution in [0.4, 0.5) is 0 Å². The van der Waals surface area contributed by atoms with Gasteiger partial charge in [0.05, 0.1) is 23.6 Å². The molecular formula is C13H16Cl3NO3S. The molecule has 2 rings (SSSR count). The van der Waals surface area contributed by atoms with E-state index in [9.17, 15) is 8.42 Å². The number of benzene rings is 1. The van der Waals surface area contributed by atoms with Gasteiger partial charge in [0.25, 0.3) is 0 Å². The Labute approximate surface area is 140 Å². The summed E-state index contributed by atoms with van der Waals surface area (Å²) >= 11 is 18.0. The van der Waals surface area contributed by atoms with Crippen molar-refractivity contribution >= 4 is 44.8 Å². The minimum atomic E-state index is -3.68. The van der Waals surface area contributed by atoms with Crippen molar-refractivity contribution in [2.24, 2.45) is 0 Å². The van der Waals surface area contributed by atoms with E-state index in [1.165, 1.54) is 16.4 Å². The van der Waals surface area contributed by atoms with Crippen LogP contribution in [0.5, 0.6) is 0 Å². The Morgan fingerprint density at radius 3 is 2.71 bits per heavy atom. The monoisotopic (exact) mass is 371 g/mol. The summed E-state index contributed by atoms with van der Waals surface area (Å²) < 4.78 is 32.4. The highest BCUT2D eigenvalue weighted by molar-refractivity contribution is 7.89. The second-order valence-electron chi connectivity index (χ2n) is 4.74. The fourth-order valence-electron chi connectivity index (χ4n) is 2.19. The summed E-state index contributed by atoms with van der Waals surface area (Å²) in [6.45, 7) is 2.98. The van der Waals surface area contributed by atoms with Gasteiger partial charge < -0.3 is 4.74 Å². The molecule has 8 heteroatoms. The molecule has 1 fully saturated rings. The zero-order chi connectivity index (χ0) is 15.6. The molecule has 21 heavy (non-hydrogen) atoms. The van der Waals surface area contributed by atoms with Gasteiger partial charge in [0, 0.05) is 23.7 Å². The lowest BCUT2D eigenvalue weighted by molar-refractivity contribution is -0.00277. The van der Waals surface area contributed by atoms with Crippen LogP contribution in [0.1, 0.15) is 18.9 Å². The Hall–Kier alpha value is -0.0400. The molecule has 4 nitrogen and oxygen atoms in total. The Morgan fingerprint density at radius 2 is 2.10 bits per heavy atom. The topological polar surface area (TPSA) is 46.6 Å². The first kappa shape index (κ1) is 17.3. The smallest absolute Gasteiger partial charge is 0.244 e. The van der Waals surface area contributed by atoms with Crippen molar-refractivity contribution in [3.63, 3.8) is 0 Å². The third kappa shape index (κ3) is 3.49. The summed E-state index contributed by atoms with van der Waals surface area (Å²) in [7, 11) is -3.68. The average Bonchev–Trinajstić information content (AvgIpc) is 2.47. The minimum absolute atomic E-state index is 0.0426. The summed E-state index contributed by atoms with van der Waals surface area (Å²) in [5.41, 5.74) is 0.432. The van der Waals surface area contributed by atoms with E-state index in [1.54, 1.807) is 0 Å². The maximum Gasteiger partial charge on any atom is 0.244 e. The molecule has 1 saturated heterocycles. The van der Waals surface area contributed by atoms with Crippen molar-refractivity contribution in [3.05, 3.63) is 27.7 Å². The number of ether oxygens (including phenoxy) is 1. The fourth-order valence-corrected chi connectivity index (χ4v) is 4.95. The zero-order valence-electron chi connectivity index (χ0n) is 11.5. The number of morpholine rings is 1. The molecule has 1 aromatic carbocycles. The Bertz CT molecular complexity index is 621. The van der Waals surface area contributed by atoms with Gasteiger partial charge in [-0.15, -0.1) is 11.6 Å². The van der Waals surface area contributed by atoms with Crippen LogP contribution in [0.2, 0.25) is 10.0 Å². The van der Waals surface area contributed by atoms with E-state index in [-0.39, 0.29) is 21.9 Å². The van der Waals surface area contributed by atoms with Crippen LogP contribution in [0.25, 0.3) is 0 Å². The zero-order valence-corrected chi connectivity index (χ0v) is 14.6. The molecule has 1 heterocycles. The molecule has 0 aromatic heterocycles. The van der Waals surface area contributed by atoms with Crippen molar-refractivity contribution in [3.8, 4) is 0 Å². The van der Waals surface area contributed by atoms with Crippen molar-refractivity contribution in [2.75, 3.05) is 19.7 Å². The average molecular weight is 373 g/mol. The van der Waals surface area contributed by atoms with Crippen LogP contribution in [-0.2, 0) is 20.6 Å². The minimum Gasteiger partial charge on any atom is -0.375 e. The van der Waals surface area contributed by atoms with Gasteiger partial charge >= 0.3 is 0 Å². The molecule has 0 saturated carbocycles. The molecular weight excluding hydrogens is 357 g/mol. The molecule has 0 amide bonds. The van der Waals surface area contributed by atoms with E-state index in [0.717, 1.165) is 6.42 Å². The molecule has 0 aliphatic carbocycles. The van der Waals surface area contributed by atoms with Crippen LogP contribution >= 0.6 is 34.8 Å². The first-order valence-electron chi connectivity index (χ1n) is 6.56. The van der Waals surface area contributed by atoms with Crippen molar-refractivity contribution in [1.29, 1.82) is 0 Å². The molecule has 0 bridgehead atoms. The fraction of sp³-hybridized carbons (Fsp3) is 0.538. The highest BCUT2D eigenvalue weighted by Gasteiger charge is 2.32. The van der Waals surface area contributed by atoms with Gasteiger partial charge in [-0.3, -0.25) is 0 Å². The van der Waals surface area contributed by atoms with Crippen molar-refractivity contribution in [1.82, 2.24) is 4.31 Å². The Morgan fingerprint density at radius 1 is 1.38 bits per heavy atom. The number of nitrogens with zero attached hydrogens (tertiary/aromatic N) is 1. The summed E-state index contributed by atoms with van der Waals surface area (Å²) in [5.74, 6) is 0.0573. The lowest BCUT2D eigenvalue weighted by Gasteiger charge is -2.32. The molecule has 1 aliphatic rings. The maximum absolute atomic E-state index is 12.7. The van der Waals surface area contributed by atoms with E-state index in [4.69, 9.17) is 39.5 Å². The Balaban J connectivity index is 2.40. The van der Waals surface area contributed by atoms with E-state index in [0.29, 0.717) is 30.3 Å². The Kier molecular flexibility index (Phi) is 5.79. The third-order valence-electron chi connectivity index (χ3n) is 3.46. The standard InChI is InChI=1S/C13H16Cl3NO3S/c1-2-9-8-17(5-6-20-9)21(18,19)12-4-3-11(15)10(7-14)13(12)16/h3-4,9H,2,5-8H2,1H3. The summed E-state index contributed by atoms with van der Waals surface area (Å²) in [6, 6.07) is 2.93. The highest BCUT2D eigenvalue weighted by atomic mass is 35.5. The summed E-state index contributed by atoms with van der Waals surface area (Å²) in [4.78, 5) is 0.0426. The molecule has 1 atom stereocenters. The maximum atomic E-state index is 12.7. The second-order valence-corrected chi connectivity index (χ2v) is 7.69. The van der Waals surface area contributed by atoms with Gasteiger partial charge in [0.15, 0.2) is 0 Å². The first-order chi connectivity index (χ1) is 9.91. The second kappa shape index (κ2) is 7.02. The van der Waals surface area contributed by atoms with Gasteiger partial charge in [-0.1, -0.05) is 30.1 Å². The number of halogens is 3. The molecule has 0 N–H and O–H groups in total.